The predicted molar refractivity (Wildman–Crippen MR) is 81.5 cm³/mol. The van der Waals surface area contributed by atoms with Crippen molar-refractivity contribution in [3.63, 3.8) is 0 Å². The number of hydrogen-bond acceptors (Lipinski definition) is 2. The highest BCUT2D eigenvalue weighted by atomic mass is 16.6. The minimum absolute atomic E-state index is 0.110. The molecule has 0 amide bonds. The molecule has 0 aromatic heterocycles. The van der Waals surface area contributed by atoms with Crippen molar-refractivity contribution in [1.29, 1.82) is 0 Å². The summed E-state index contributed by atoms with van der Waals surface area (Å²) in [5.74, 6) is 0. The van der Waals surface area contributed by atoms with Gasteiger partial charge in [0.15, 0.2) is 0 Å². The summed E-state index contributed by atoms with van der Waals surface area (Å²) < 4.78 is 12.5. The minimum atomic E-state index is -0.121. The molecule has 2 heteroatoms. The van der Waals surface area contributed by atoms with E-state index in [1.807, 2.05) is 0 Å². The SMILES string of the molecule is CC1=CCCCC(OC(C)(C)C)C(OC(C)(C)C)C1. The number of allylic oxidation sites excluding steroid dienone is 1. The van der Waals surface area contributed by atoms with Gasteiger partial charge in [0.1, 0.15) is 0 Å². The minimum Gasteiger partial charge on any atom is -0.370 e. The summed E-state index contributed by atoms with van der Waals surface area (Å²) in [6.07, 6.45) is 7.13. The van der Waals surface area contributed by atoms with Gasteiger partial charge in [0.2, 0.25) is 0 Å². The summed E-state index contributed by atoms with van der Waals surface area (Å²) in [5.41, 5.74) is 1.20. The quantitative estimate of drug-likeness (QED) is 0.665. The first-order chi connectivity index (χ1) is 8.57. The number of hydrogen-bond donors (Lipinski definition) is 0. The molecule has 2 nitrogen and oxygen atoms in total. The van der Waals surface area contributed by atoms with Crippen molar-refractivity contribution in [3.8, 4) is 0 Å². The van der Waals surface area contributed by atoms with Crippen molar-refractivity contribution in [3.05, 3.63) is 11.6 Å². The molecule has 1 rings (SSSR count). The molecule has 0 aromatic carbocycles. The van der Waals surface area contributed by atoms with Crippen molar-refractivity contribution < 1.29 is 9.47 Å². The molecule has 0 saturated carbocycles. The Hall–Kier alpha value is -0.340. The average molecular weight is 268 g/mol. The van der Waals surface area contributed by atoms with Crippen LogP contribution in [-0.2, 0) is 9.47 Å². The van der Waals surface area contributed by atoms with Crippen LogP contribution in [0.25, 0.3) is 0 Å². The molecule has 0 aliphatic heterocycles. The van der Waals surface area contributed by atoms with Crippen LogP contribution in [0.15, 0.2) is 11.6 Å². The smallest absolute Gasteiger partial charge is 0.0880 e. The van der Waals surface area contributed by atoms with Gasteiger partial charge in [-0.2, -0.15) is 0 Å². The van der Waals surface area contributed by atoms with Gasteiger partial charge in [-0.15, -0.1) is 0 Å². The van der Waals surface area contributed by atoms with Crippen LogP contribution in [0.1, 0.15) is 74.1 Å². The third-order valence-electron chi connectivity index (χ3n) is 3.13. The van der Waals surface area contributed by atoms with Crippen LogP contribution in [0.5, 0.6) is 0 Å². The molecular formula is C17H32O2. The van der Waals surface area contributed by atoms with Crippen molar-refractivity contribution in [2.45, 2.75) is 97.6 Å². The monoisotopic (exact) mass is 268 g/mol. The van der Waals surface area contributed by atoms with E-state index in [0.29, 0.717) is 0 Å². The molecule has 0 N–H and O–H groups in total. The zero-order valence-corrected chi connectivity index (χ0v) is 13.9. The van der Waals surface area contributed by atoms with E-state index in [0.717, 1.165) is 19.3 Å². The van der Waals surface area contributed by atoms with Gasteiger partial charge in [0.25, 0.3) is 0 Å². The van der Waals surface area contributed by atoms with E-state index in [2.05, 4.69) is 54.5 Å². The zero-order valence-electron chi connectivity index (χ0n) is 13.9. The largest absolute Gasteiger partial charge is 0.370 e. The predicted octanol–water partition coefficient (Wildman–Crippen LogP) is 4.87. The topological polar surface area (TPSA) is 18.5 Å². The summed E-state index contributed by atoms with van der Waals surface area (Å²) in [4.78, 5) is 0. The summed E-state index contributed by atoms with van der Waals surface area (Å²) in [6.45, 7) is 15.0. The molecule has 0 heterocycles. The normalized spacial score (nSPS) is 26.6. The fourth-order valence-corrected chi connectivity index (χ4v) is 2.55. The maximum atomic E-state index is 6.28. The maximum Gasteiger partial charge on any atom is 0.0880 e. The summed E-state index contributed by atoms with van der Waals surface area (Å²) >= 11 is 0. The second kappa shape index (κ2) is 6.41. The van der Waals surface area contributed by atoms with Gasteiger partial charge < -0.3 is 9.47 Å². The standard InChI is InChI=1S/C17H32O2/c1-13-10-8-9-11-14(18-16(2,3)4)15(12-13)19-17(5,6)7/h10,14-15H,8-9,11-12H2,1-7H3. The average Bonchev–Trinajstić information content (AvgIpc) is 2.16. The summed E-state index contributed by atoms with van der Waals surface area (Å²) in [5, 5.41) is 0. The van der Waals surface area contributed by atoms with Crippen molar-refractivity contribution in [1.82, 2.24) is 0 Å². The Morgan fingerprint density at radius 3 is 2.00 bits per heavy atom. The lowest BCUT2D eigenvalue weighted by molar-refractivity contribution is -0.165. The fourth-order valence-electron chi connectivity index (χ4n) is 2.55. The van der Waals surface area contributed by atoms with Gasteiger partial charge in [-0.3, -0.25) is 0 Å². The van der Waals surface area contributed by atoms with Crippen molar-refractivity contribution >= 4 is 0 Å². The second-order valence-corrected chi connectivity index (χ2v) is 7.72. The van der Waals surface area contributed by atoms with Crippen LogP contribution in [0, 0.1) is 0 Å². The van der Waals surface area contributed by atoms with Gasteiger partial charge in [-0.1, -0.05) is 11.6 Å². The van der Waals surface area contributed by atoms with Gasteiger partial charge in [0.05, 0.1) is 23.4 Å². The Bertz CT molecular complexity index is 304. The van der Waals surface area contributed by atoms with E-state index in [1.165, 1.54) is 12.0 Å². The van der Waals surface area contributed by atoms with Gasteiger partial charge >= 0.3 is 0 Å². The summed E-state index contributed by atoms with van der Waals surface area (Å²) in [6, 6.07) is 0. The molecule has 2 unspecified atom stereocenters. The molecule has 1 aliphatic carbocycles. The van der Waals surface area contributed by atoms with E-state index < -0.39 is 0 Å². The molecule has 0 aromatic rings. The Morgan fingerprint density at radius 2 is 1.47 bits per heavy atom. The van der Waals surface area contributed by atoms with Crippen LogP contribution >= 0.6 is 0 Å². The van der Waals surface area contributed by atoms with Crippen LogP contribution < -0.4 is 0 Å². The fraction of sp³-hybridized carbons (Fsp3) is 0.882. The molecular weight excluding hydrogens is 236 g/mol. The molecule has 2 atom stereocenters. The van der Waals surface area contributed by atoms with E-state index in [4.69, 9.17) is 9.47 Å². The van der Waals surface area contributed by atoms with E-state index >= 15 is 0 Å². The Balaban J connectivity index is 2.84. The van der Waals surface area contributed by atoms with Crippen LogP contribution in [0.4, 0.5) is 0 Å². The maximum absolute atomic E-state index is 6.28. The molecule has 0 spiro atoms. The zero-order chi connectivity index (χ0) is 14.7. The first kappa shape index (κ1) is 16.7. The molecule has 112 valence electrons. The van der Waals surface area contributed by atoms with Crippen molar-refractivity contribution in [2.24, 2.45) is 0 Å². The van der Waals surface area contributed by atoms with Gasteiger partial charge in [0, 0.05) is 0 Å². The molecule has 0 fully saturated rings. The molecule has 0 bridgehead atoms. The Labute approximate surface area is 119 Å². The lowest BCUT2D eigenvalue weighted by Gasteiger charge is -2.37. The highest BCUT2D eigenvalue weighted by Gasteiger charge is 2.31. The molecule has 1 aliphatic rings. The van der Waals surface area contributed by atoms with Crippen molar-refractivity contribution in [2.75, 3.05) is 0 Å². The van der Waals surface area contributed by atoms with Crippen LogP contribution in [0.2, 0.25) is 0 Å². The lowest BCUT2D eigenvalue weighted by atomic mass is 9.94. The Kier molecular flexibility index (Phi) is 5.64. The molecule has 19 heavy (non-hydrogen) atoms. The van der Waals surface area contributed by atoms with E-state index in [-0.39, 0.29) is 23.4 Å². The molecule has 0 radical (unpaired) electrons. The van der Waals surface area contributed by atoms with Gasteiger partial charge in [-0.25, -0.2) is 0 Å². The van der Waals surface area contributed by atoms with E-state index in [1.54, 1.807) is 0 Å². The van der Waals surface area contributed by atoms with E-state index in [9.17, 15) is 0 Å². The second-order valence-electron chi connectivity index (χ2n) is 7.72. The first-order valence-corrected chi connectivity index (χ1v) is 7.58. The van der Waals surface area contributed by atoms with Crippen LogP contribution in [0.3, 0.4) is 0 Å². The highest BCUT2D eigenvalue weighted by molar-refractivity contribution is 5.03. The van der Waals surface area contributed by atoms with Crippen LogP contribution in [-0.4, -0.2) is 23.4 Å². The third-order valence-corrected chi connectivity index (χ3v) is 3.13. The highest BCUT2D eigenvalue weighted by Crippen LogP contribution is 2.28. The first-order valence-electron chi connectivity index (χ1n) is 7.58. The number of ether oxygens (including phenoxy) is 2. The van der Waals surface area contributed by atoms with Gasteiger partial charge in [-0.05, 0) is 74.1 Å². The number of rotatable bonds is 2. The third kappa shape index (κ3) is 7.12. The lowest BCUT2D eigenvalue weighted by Crippen LogP contribution is -2.42. The summed E-state index contributed by atoms with van der Waals surface area (Å²) in [7, 11) is 0. The Morgan fingerprint density at radius 1 is 0.947 bits per heavy atom. The molecule has 0 saturated heterocycles.